The summed E-state index contributed by atoms with van der Waals surface area (Å²) in [6, 6.07) is 2.05. The Labute approximate surface area is 115 Å². The van der Waals surface area contributed by atoms with Gasteiger partial charge in [0, 0.05) is 11.4 Å². The Hall–Kier alpha value is -1.01. The SMILES string of the molecule is CCNC(=O)CN1C(=O)CSC1c1sccc1C. The number of hydrogen-bond acceptors (Lipinski definition) is 4. The summed E-state index contributed by atoms with van der Waals surface area (Å²) in [5.41, 5.74) is 1.19. The molecule has 2 amide bonds. The molecular weight excluding hydrogens is 268 g/mol. The van der Waals surface area contributed by atoms with Gasteiger partial charge in [0.2, 0.25) is 11.8 Å². The van der Waals surface area contributed by atoms with Crippen LogP contribution < -0.4 is 5.32 Å². The number of aryl methyl sites for hydroxylation is 1. The molecule has 1 aromatic heterocycles. The van der Waals surface area contributed by atoms with Crippen molar-refractivity contribution >= 4 is 34.9 Å². The van der Waals surface area contributed by atoms with Gasteiger partial charge in [0.25, 0.3) is 0 Å². The number of carbonyl (C=O) groups is 2. The molecule has 1 fully saturated rings. The van der Waals surface area contributed by atoms with Gasteiger partial charge in [-0.1, -0.05) is 0 Å². The van der Waals surface area contributed by atoms with Gasteiger partial charge in [-0.2, -0.15) is 0 Å². The fourth-order valence-electron chi connectivity index (χ4n) is 1.89. The summed E-state index contributed by atoms with van der Waals surface area (Å²) in [4.78, 5) is 26.3. The second kappa shape index (κ2) is 5.75. The molecular formula is C12H16N2O2S2. The van der Waals surface area contributed by atoms with E-state index < -0.39 is 0 Å². The number of nitrogens with one attached hydrogen (secondary N) is 1. The van der Waals surface area contributed by atoms with Gasteiger partial charge in [0.15, 0.2) is 0 Å². The van der Waals surface area contributed by atoms with Gasteiger partial charge in [-0.05, 0) is 30.9 Å². The molecule has 2 heterocycles. The van der Waals surface area contributed by atoms with Gasteiger partial charge in [0.05, 0.1) is 5.75 Å². The van der Waals surface area contributed by atoms with Crippen molar-refractivity contribution in [3.8, 4) is 0 Å². The zero-order valence-electron chi connectivity index (χ0n) is 10.4. The van der Waals surface area contributed by atoms with Crippen LogP contribution in [0.4, 0.5) is 0 Å². The molecule has 1 atom stereocenters. The van der Waals surface area contributed by atoms with E-state index in [-0.39, 0.29) is 23.7 Å². The maximum Gasteiger partial charge on any atom is 0.239 e. The third kappa shape index (κ3) is 2.70. The molecule has 0 bridgehead atoms. The van der Waals surface area contributed by atoms with Crippen molar-refractivity contribution in [1.29, 1.82) is 0 Å². The predicted molar refractivity (Wildman–Crippen MR) is 74.7 cm³/mol. The zero-order chi connectivity index (χ0) is 13.1. The standard InChI is InChI=1S/C12H16N2O2S2/c1-3-13-9(15)6-14-10(16)7-18-12(14)11-8(2)4-5-17-11/h4-5,12H,3,6-7H2,1-2H3,(H,13,15). The van der Waals surface area contributed by atoms with Crippen LogP contribution in [0.25, 0.3) is 0 Å². The van der Waals surface area contributed by atoms with Crippen LogP contribution in [0.2, 0.25) is 0 Å². The number of amides is 2. The number of hydrogen-bond donors (Lipinski definition) is 1. The van der Waals surface area contributed by atoms with E-state index >= 15 is 0 Å². The Kier molecular flexibility index (Phi) is 4.29. The van der Waals surface area contributed by atoms with Gasteiger partial charge in [-0.25, -0.2) is 0 Å². The molecule has 1 aliphatic heterocycles. The van der Waals surface area contributed by atoms with E-state index in [1.165, 1.54) is 10.4 Å². The van der Waals surface area contributed by atoms with E-state index in [0.717, 1.165) is 0 Å². The Morgan fingerprint density at radius 2 is 2.39 bits per heavy atom. The Morgan fingerprint density at radius 3 is 3.00 bits per heavy atom. The molecule has 18 heavy (non-hydrogen) atoms. The van der Waals surface area contributed by atoms with Crippen molar-refractivity contribution < 1.29 is 9.59 Å². The first-order valence-electron chi connectivity index (χ1n) is 5.85. The topological polar surface area (TPSA) is 49.4 Å². The molecule has 0 aliphatic carbocycles. The minimum atomic E-state index is -0.0902. The van der Waals surface area contributed by atoms with E-state index in [1.54, 1.807) is 28.0 Å². The van der Waals surface area contributed by atoms with Crippen LogP contribution in [0.15, 0.2) is 11.4 Å². The molecule has 0 saturated carbocycles. The normalized spacial score (nSPS) is 19.3. The Balaban J connectivity index is 2.13. The second-order valence-corrected chi connectivity index (χ2v) is 6.12. The maximum atomic E-state index is 11.9. The fraction of sp³-hybridized carbons (Fsp3) is 0.500. The van der Waals surface area contributed by atoms with Gasteiger partial charge >= 0.3 is 0 Å². The molecule has 1 aromatic rings. The quantitative estimate of drug-likeness (QED) is 0.916. The van der Waals surface area contributed by atoms with Crippen LogP contribution in [-0.4, -0.2) is 35.6 Å². The molecule has 0 spiro atoms. The summed E-state index contributed by atoms with van der Waals surface area (Å²) >= 11 is 3.24. The molecule has 1 N–H and O–H groups in total. The minimum absolute atomic E-state index is 0.0000983. The van der Waals surface area contributed by atoms with Gasteiger partial charge in [-0.15, -0.1) is 23.1 Å². The minimum Gasteiger partial charge on any atom is -0.355 e. The average molecular weight is 284 g/mol. The highest BCUT2D eigenvalue weighted by Crippen LogP contribution is 2.41. The van der Waals surface area contributed by atoms with E-state index in [4.69, 9.17) is 0 Å². The summed E-state index contributed by atoms with van der Waals surface area (Å²) in [6.07, 6.45) is 0. The van der Waals surface area contributed by atoms with Crippen molar-refractivity contribution in [2.45, 2.75) is 19.2 Å². The summed E-state index contributed by atoms with van der Waals surface area (Å²) in [5.74, 6) is 0.415. The Morgan fingerprint density at radius 1 is 1.61 bits per heavy atom. The van der Waals surface area contributed by atoms with Crippen LogP contribution >= 0.6 is 23.1 Å². The highest BCUT2D eigenvalue weighted by atomic mass is 32.2. The molecule has 1 aliphatic rings. The number of nitrogens with zero attached hydrogens (tertiary/aromatic N) is 1. The first-order chi connectivity index (χ1) is 8.63. The molecule has 1 unspecified atom stereocenters. The predicted octanol–water partition coefficient (Wildman–Crippen LogP) is 1.77. The highest BCUT2D eigenvalue weighted by molar-refractivity contribution is 8.00. The molecule has 4 nitrogen and oxygen atoms in total. The largest absolute Gasteiger partial charge is 0.355 e. The van der Waals surface area contributed by atoms with Crippen molar-refractivity contribution in [2.24, 2.45) is 0 Å². The lowest BCUT2D eigenvalue weighted by atomic mass is 10.2. The lowest BCUT2D eigenvalue weighted by Gasteiger charge is -2.23. The van der Waals surface area contributed by atoms with E-state index in [9.17, 15) is 9.59 Å². The number of thiophene rings is 1. The third-order valence-electron chi connectivity index (χ3n) is 2.78. The molecule has 0 aromatic carbocycles. The van der Waals surface area contributed by atoms with E-state index in [2.05, 4.69) is 5.32 Å². The number of rotatable bonds is 4. The average Bonchev–Trinajstić information content (AvgIpc) is 2.87. The highest BCUT2D eigenvalue weighted by Gasteiger charge is 2.35. The summed E-state index contributed by atoms with van der Waals surface area (Å²) in [5, 5.41) is 4.76. The van der Waals surface area contributed by atoms with E-state index in [1.807, 2.05) is 25.3 Å². The molecule has 2 rings (SSSR count). The van der Waals surface area contributed by atoms with Crippen LogP contribution in [0.5, 0.6) is 0 Å². The van der Waals surface area contributed by atoms with Crippen molar-refractivity contribution in [3.05, 3.63) is 21.9 Å². The van der Waals surface area contributed by atoms with E-state index in [0.29, 0.717) is 12.3 Å². The maximum absolute atomic E-state index is 11.9. The van der Waals surface area contributed by atoms with Crippen LogP contribution in [0.1, 0.15) is 22.7 Å². The van der Waals surface area contributed by atoms with Crippen molar-refractivity contribution in [1.82, 2.24) is 10.2 Å². The monoisotopic (exact) mass is 284 g/mol. The zero-order valence-corrected chi connectivity index (χ0v) is 12.1. The summed E-state index contributed by atoms with van der Waals surface area (Å²) in [6.45, 7) is 4.66. The fourth-order valence-corrected chi connectivity index (χ4v) is 4.35. The smallest absolute Gasteiger partial charge is 0.239 e. The summed E-state index contributed by atoms with van der Waals surface area (Å²) < 4.78 is 0. The second-order valence-electron chi connectivity index (χ2n) is 4.11. The number of carbonyl (C=O) groups excluding carboxylic acids is 2. The van der Waals surface area contributed by atoms with Crippen molar-refractivity contribution in [2.75, 3.05) is 18.8 Å². The molecule has 98 valence electrons. The lowest BCUT2D eigenvalue weighted by molar-refractivity contribution is -0.133. The van der Waals surface area contributed by atoms with Crippen LogP contribution in [0, 0.1) is 6.92 Å². The van der Waals surface area contributed by atoms with Crippen LogP contribution in [-0.2, 0) is 9.59 Å². The Bertz CT molecular complexity index is 459. The summed E-state index contributed by atoms with van der Waals surface area (Å²) in [7, 11) is 0. The number of likely N-dealkylation sites (N-methyl/N-ethyl adjacent to an activating group) is 1. The molecule has 6 heteroatoms. The number of thioether (sulfide) groups is 1. The first kappa shape index (κ1) is 13.4. The van der Waals surface area contributed by atoms with Gasteiger partial charge in [-0.3, -0.25) is 9.59 Å². The van der Waals surface area contributed by atoms with Gasteiger partial charge in [0.1, 0.15) is 11.9 Å². The first-order valence-corrected chi connectivity index (χ1v) is 7.78. The third-order valence-corrected chi connectivity index (χ3v) is 5.22. The van der Waals surface area contributed by atoms with Crippen molar-refractivity contribution in [3.63, 3.8) is 0 Å². The molecule has 0 radical (unpaired) electrons. The lowest BCUT2D eigenvalue weighted by Crippen LogP contribution is -2.39. The van der Waals surface area contributed by atoms with Gasteiger partial charge < -0.3 is 10.2 Å². The molecule has 1 saturated heterocycles. The van der Waals surface area contributed by atoms with Crippen LogP contribution in [0.3, 0.4) is 0 Å².